The number of nitrogens with one attached hydrogen (secondary N) is 1. The van der Waals surface area contributed by atoms with Gasteiger partial charge in [0.2, 0.25) is 0 Å². The minimum atomic E-state index is 0.0137. The number of nitrogens with zero attached hydrogens (tertiary/aromatic N) is 1. The van der Waals surface area contributed by atoms with E-state index in [0.717, 1.165) is 32.5 Å². The van der Waals surface area contributed by atoms with Gasteiger partial charge >= 0.3 is 0 Å². The maximum absolute atomic E-state index is 6.17. The van der Waals surface area contributed by atoms with Crippen LogP contribution >= 0.6 is 0 Å². The first-order valence-electron chi connectivity index (χ1n) is 6.24. The fourth-order valence-corrected chi connectivity index (χ4v) is 3.00. The molecule has 2 saturated heterocycles. The average Bonchev–Trinajstić information content (AvgIpc) is 2.99. The number of hydrogen-bond donors (Lipinski definition) is 1. The van der Waals surface area contributed by atoms with Crippen LogP contribution in [0.4, 0.5) is 0 Å². The molecule has 2 heterocycles. The Morgan fingerprint density at radius 2 is 1.87 bits per heavy atom. The summed E-state index contributed by atoms with van der Waals surface area (Å²) < 4.78 is 6.17. The fourth-order valence-electron chi connectivity index (χ4n) is 3.00. The van der Waals surface area contributed by atoms with Crippen molar-refractivity contribution in [2.45, 2.75) is 44.4 Å². The topological polar surface area (TPSA) is 24.5 Å². The highest BCUT2D eigenvalue weighted by atomic mass is 16.5. The van der Waals surface area contributed by atoms with E-state index in [0.29, 0.717) is 11.5 Å². The zero-order chi connectivity index (χ0) is 10.5. The second kappa shape index (κ2) is 3.19. The van der Waals surface area contributed by atoms with Crippen LogP contribution in [0.2, 0.25) is 0 Å². The van der Waals surface area contributed by atoms with E-state index in [1.165, 1.54) is 12.8 Å². The van der Waals surface area contributed by atoms with Crippen molar-refractivity contribution in [3.8, 4) is 0 Å². The maximum atomic E-state index is 6.17. The first-order valence-corrected chi connectivity index (χ1v) is 6.24. The highest BCUT2D eigenvalue weighted by Gasteiger charge is 2.54. The number of hydrogen-bond acceptors (Lipinski definition) is 3. The second-order valence-electron chi connectivity index (χ2n) is 5.81. The van der Waals surface area contributed by atoms with Crippen molar-refractivity contribution in [3.63, 3.8) is 0 Å². The average molecular weight is 210 g/mol. The molecule has 1 saturated carbocycles. The molecule has 15 heavy (non-hydrogen) atoms. The van der Waals surface area contributed by atoms with Gasteiger partial charge in [-0.2, -0.15) is 0 Å². The molecule has 1 unspecified atom stereocenters. The number of ether oxygens (including phenoxy) is 1. The lowest BCUT2D eigenvalue weighted by Crippen LogP contribution is -2.63. The number of rotatable bonds is 0. The molecule has 3 fully saturated rings. The van der Waals surface area contributed by atoms with Crippen molar-refractivity contribution < 1.29 is 4.74 Å². The first kappa shape index (κ1) is 10.1. The smallest absolute Gasteiger partial charge is 0.121 e. The molecule has 0 aromatic heterocycles. The van der Waals surface area contributed by atoms with Gasteiger partial charge in [-0.3, -0.25) is 5.32 Å². The van der Waals surface area contributed by atoms with Gasteiger partial charge in [-0.15, -0.1) is 0 Å². The zero-order valence-corrected chi connectivity index (χ0v) is 9.88. The van der Waals surface area contributed by atoms with Crippen LogP contribution in [0.15, 0.2) is 0 Å². The summed E-state index contributed by atoms with van der Waals surface area (Å²) in [7, 11) is 2.20. The molecule has 3 rings (SSSR count). The number of likely N-dealkylation sites (tertiary alicyclic amines) is 1. The van der Waals surface area contributed by atoms with Gasteiger partial charge in [-0.05, 0) is 26.8 Å². The maximum Gasteiger partial charge on any atom is 0.121 e. The van der Waals surface area contributed by atoms with Crippen LogP contribution in [0.25, 0.3) is 0 Å². The first-order chi connectivity index (χ1) is 7.14. The molecular formula is C12H22N2O. The Morgan fingerprint density at radius 1 is 1.20 bits per heavy atom. The van der Waals surface area contributed by atoms with Gasteiger partial charge in [0, 0.05) is 37.4 Å². The van der Waals surface area contributed by atoms with E-state index in [2.05, 4.69) is 24.2 Å². The summed E-state index contributed by atoms with van der Waals surface area (Å²) in [6.45, 7) is 5.65. The van der Waals surface area contributed by atoms with Gasteiger partial charge in [0.1, 0.15) is 5.72 Å². The fraction of sp³-hybridized carbons (Fsp3) is 1.00. The molecule has 3 nitrogen and oxygen atoms in total. The lowest BCUT2D eigenvalue weighted by atomic mass is 9.90. The van der Waals surface area contributed by atoms with E-state index in [-0.39, 0.29) is 5.72 Å². The van der Waals surface area contributed by atoms with Crippen molar-refractivity contribution in [1.82, 2.24) is 10.2 Å². The summed E-state index contributed by atoms with van der Waals surface area (Å²) in [5, 5.41) is 3.76. The minimum absolute atomic E-state index is 0.0137. The molecule has 0 aromatic carbocycles. The molecule has 0 radical (unpaired) electrons. The predicted molar refractivity (Wildman–Crippen MR) is 59.7 cm³/mol. The van der Waals surface area contributed by atoms with Gasteiger partial charge in [-0.1, -0.05) is 0 Å². The molecule has 1 atom stereocenters. The van der Waals surface area contributed by atoms with Crippen LogP contribution < -0.4 is 5.32 Å². The van der Waals surface area contributed by atoms with Crippen LogP contribution in [-0.4, -0.2) is 43.4 Å². The Kier molecular flexibility index (Phi) is 2.14. The van der Waals surface area contributed by atoms with E-state index in [1.54, 1.807) is 0 Å². The predicted octanol–water partition coefficient (Wildman–Crippen LogP) is 1.20. The van der Waals surface area contributed by atoms with Crippen LogP contribution in [0.1, 0.15) is 32.6 Å². The SMILES string of the molecule is CC1NC2(CCN(C)CC2)OCC12CC2. The molecule has 2 aliphatic heterocycles. The molecule has 3 heteroatoms. The van der Waals surface area contributed by atoms with Crippen LogP contribution in [0, 0.1) is 5.41 Å². The minimum Gasteiger partial charge on any atom is -0.360 e. The van der Waals surface area contributed by atoms with E-state index < -0.39 is 0 Å². The van der Waals surface area contributed by atoms with Crippen molar-refractivity contribution in [1.29, 1.82) is 0 Å². The lowest BCUT2D eigenvalue weighted by molar-refractivity contribution is -0.161. The van der Waals surface area contributed by atoms with E-state index >= 15 is 0 Å². The molecule has 0 aromatic rings. The molecule has 0 amide bonds. The largest absolute Gasteiger partial charge is 0.360 e. The number of piperidine rings is 1. The van der Waals surface area contributed by atoms with E-state index in [4.69, 9.17) is 4.74 Å². The monoisotopic (exact) mass is 210 g/mol. The summed E-state index contributed by atoms with van der Waals surface area (Å²) in [6, 6.07) is 0.648. The normalized spacial score (nSPS) is 38.4. The molecule has 1 aliphatic carbocycles. The highest BCUT2D eigenvalue weighted by molar-refractivity contribution is 5.06. The van der Waals surface area contributed by atoms with Gasteiger partial charge in [-0.25, -0.2) is 0 Å². The van der Waals surface area contributed by atoms with Crippen molar-refractivity contribution in [3.05, 3.63) is 0 Å². The summed E-state index contributed by atoms with van der Waals surface area (Å²) in [6.07, 6.45) is 5.00. The summed E-state index contributed by atoms with van der Waals surface area (Å²) in [4.78, 5) is 2.39. The Balaban J connectivity index is 1.68. The quantitative estimate of drug-likeness (QED) is 0.650. The Bertz CT molecular complexity index is 254. The molecule has 3 aliphatic rings. The molecule has 1 N–H and O–H groups in total. The lowest BCUT2D eigenvalue weighted by Gasteiger charge is -2.48. The Morgan fingerprint density at radius 3 is 2.40 bits per heavy atom. The molecule has 86 valence electrons. The molecular weight excluding hydrogens is 188 g/mol. The van der Waals surface area contributed by atoms with Gasteiger partial charge in [0.05, 0.1) is 6.61 Å². The third-order valence-electron chi connectivity index (χ3n) is 4.72. The molecule has 0 bridgehead atoms. The van der Waals surface area contributed by atoms with Gasteiger partial charge in [0.15, 0.2) is 0 Å². The third-order valence-corrected chi connectivity index (χ3v) is 4.72. The van der Waals surface area contributed by atoms with Crippen LogP contribution in [-0.2, 0) is 4.74 Å². The Hall–Kier alpha value is -0.120. The van der Waals surface area contributed by atoms with E-state index in [1.807, 2.05) is 0 Å². The summed E-state index contributed by atoms with van der Waals surface area (Å²) >= 11 is 0. The second-order valence-corrected chi connectivity index (χ2v) is 5.81. The van der Waals surface area contributed by atoms with Gasteiger partial charge < -0.3 is 9.64 Å². The van der Waals surface area contributed by atoms with Crippen LogP contribution in [0.5, 0.6) is 0 Å². The van der Waals surface area contributed by atoms with Crippen molar-refractivity contribution in [2.75, 3.05) is 26.7 Å². The molecule has 2 spiro atoms. The zero-order valence-electron chi connectivity index (χ0n) is 9.88. The Labute approximate surface area is 92.2 Å². The standard InChI is InChI=1S/C12H22N2O/c1-10-11(3-4-11)9-15-12(13-10)5-7-14(2)8-6-12/h10,13H,3-9H2,1-2H3. The van der Waals surface area contributed by atoms with Crippen molar-refractivity contribution in [2.24, 2.45) is 5.41 Å². The van der Waals surface area contributed by atoms with E-state index in [9.17, 15) is 0 Å². The highest BCUT2D eigenvalue weighted by Crippen LogP contribution is 2.52. The third kappa shape index (κ3) is 1.61. The van der Waals surface area contributed by atoms with Crippen molar-refractivity contribution >= 4 is 0 Å². The van der Waals surface area contributed by atoms with Crippen LogP contribution in [0.3, 0.4) is 0 Å². The summed E-state index contributed by atoms with van der Waals surface area (Å²) in [5.41, 5.74) is 0.522. The summed E-state index contributed by atoms with van der Waals surface area (Å²) in [5.74, 6) is 0. The van der Waals surface area contributed by atoms with Gasteiger partial charge in [0.25, 0.3) is 0 Å².